The van der Waals surface area contributed by atoms with Crippen molar-refractivity contribution in [3.63, 3.8) is 0 Å². The number of pyridine rings is 2. The molecule has 4 aromatic rings. The van der Waals surface area contributed by atoms with Gasteiger partial charge in [0, 0.05) is 18.3 Å². The van der Waals surface area contributed by atoms with Crippen LogP contribution in [-0.4, -0.2) is 58.3 Å². The summed E-state index contributed by atoms with van der Waals surface area (Å²) < 4.78 is 17.0. The maximum atomic E-state index is 11.4. The second kappa shape index (κ2) is 12.9. The van der Waals surface area contributed by atoms with Gasteiger partial charge >= 0.3 is 5.97 Å². The standard InChI is InChI=1S/C29H31N7O4/c1-2-38-24-8-4-14-32-29(24)40-22-6-5-15-36(19-22)27-18-31-17-26(35-27)34-25-9-3-7-23(33-25)20-10-12-21(13-11-20)39-28(37)16-30/h3-4,7-14,17-18,22H,2,5-6,15-16,19,30H2,1H3,(H,33,34,35)/t22-/m1/s1. The van der Waals surface area contributed by atoms with E-state index in [9.17, 15) is 4.79 Å². The molecule has 11 heteroatoms. The van der Waals surface area contributed by atoms with Gasteiger partial charge in [0.1, 0.15) is 23.5 Å². The molecule has 0 unspecified atom stereocenters. The largest absolute Gasteiger partial charge is 0.488 e. The molecule has 1 aliphatic heterocycles. The Hall–Kier alpha value is -4.77. The van der Waals surface area contributed by atoms with Crippen LogP contribution in [0.2, 0.25) is 0 Å². The minimum atomic E-state index is -0.489. The first kappa shape index (κ1) is 26.8. The first-order valence-electron chi connectivity index (χ1n) is 13.2. The summed E-state index contributed by atoms with van der Waals surface area (Å²) in [7, 11) is 0. The normalized spacial score (nSPS) is 14.8. The fraction of sp³-hybridized carbons (Fsp3) is 0.276. The van der Waals surface area contributed by atoms with Crippen molar-refractivity contribution in [3.05, 3.63) is 73.2 Å². The quantitative estimate of drug-likeness (QED) is 0.223. The van der Waals surface area contributed by atoms with E-state index >= 15 is 0 Å². The number of ether oxygens (including phenoxy) is 3. The Kier molecular flexibility index (Phi) is 8.62. The monoisotopic (exact) mass is 541 g/mol. The van der Waals surface area contributed by atoms with Crippen LogP contribution in [0.4, 0.5) is 17.5 Å². The number of nitrogens with zero attached hydrogens (tertiary/aromatic N) is 5. The summed E-state index contributed by atoms with van der Waals surface area (Å²) in [6.45, 7) is 3.82. The van der Waals surface area contributed by atoms with Gasteiger partial charge in [0.2, 0.25) is 0 Å². The van der Waals surface area contributed by atoms with Crippen molar-refractivity contribution in [2.75, 3.05) is 36.5 Å². The van der Waals surface area contributed by atoms with Gasteiger partial charge in [-0.1, -0.05) is 6.07 Å². The smallest absolute Gasteiger partial charge is 0.325 e. The van der Waals surface area contributed by atoms with Crippen LogP contribution in [0.1, 0.15) is 19.8 Å². The van der Waals surface area contributed by atoms with Crippen LogP contribution >= 0.6 is 0 Å². The maximum Gasteiger partial charge on any atom is 0.325 e. The van der Waals surface area contributed by atoms with Gasteiger partial charge in [0.05, 0.1) is 37.8 Å². The lowest BCUT2D eigenvalue weighted by molar-refractivity contribution is -0.132. The van der Waals surface area contributed by atoms with E-state index in [-0.39, 0.29) is 12.6 Å². The zero-order valence-electron chi connectivity index (χ0n) is 22.2. The Labute approximate surface area is 232 Å². The van der Waals surface area contributed by atoms with Crippen molar-refractivity contribution in [1.29, 1.82) is 0 Å². The number of hydrogen-bond acceptors (Lipinski definition) is 11. The van der Waals surface area contributed by atoms with Gasteiger partial charge < -0.3 is 30.2 Å². The number of anilines is 3. The zero-order valence-corrected chi connectivity index (χ0v) is 22.2. The molecule has 1 aromatic carbocycles. The Morgan fingerprint density at radius 1 is 1.07 bits per heavy atom. The van der Waals surface area contributed by atoms with Crippen molar-refractivity contribution in [2.24, 2.45) is 5.73 Å². The first-order chi connectivity index (χ1) is 19.6. The molecular weight excluding hydrogens is 510 g/mol. The maximum absolute atomic E-state index is 11.4. The van der Waals surface area contributed by atoms with E-state index in [1.807, 2.05) is 49.4 Å². The Morgan fingerprint density at radius 2 is 1.95 bits per heavy atom. The van der Waals surface area contributed by atoms with Gasteiger partial charge in [-0.05, 0) is 68.3 Å². The average molecular weight is 542 g/mol. The molecule has 1 saturated heterocycles. The van der Waals surface area contributed by atoms with Gasteiger partial charge in [0.15, 0.2) is 11.6 Å². The number of aromatic nitrogens is 4. The highest BCUT2D eigenvalue weighted by Crippen LogP contribution is 2.28. The van der Waals surface area contributed by atoms with E-state index in [4.69, 9.17) is 29.9 Å². The molecule has 5 rings (SSSR count). The van der Waals surface area contributed by atoms with Crippen molar-refractivity contribution >= 4 is 23.4 Å². The molecule has 0 bridgehead atoms. The Bertz CT molecular complexity index is 1430. The summed E-state index contributed by atoms with van der Waals surface area (Å²) in [6.07, 6.45) is 6.94. The summed E-state index contributed by atoms with van der Waals surface area (Å²) in [5.41, 5.74) is 6.93. The minimum Gasteiger partial charge on any atom is -0.488 e. The SMILES string of the molecule is CCOc1cccnc1O[C@@H]1CCCN(c2cncc(Nc3cccc(-c4ccc(OC(=O)CN)cc4)n3)n2)C1. The van der Waals surface area contributed by atoms with Crippen LogP contribution in [0.25, 0.3) is 11.3 Å². The first-order valence-corrected chi connectivity index (χ1v) is 13.2. The highest BCUT2D eigenvalue weighted by atomic mass is 16.5. The predicted octanol–water partition coefficient (Wildman–Crippen LogP) is 3.99. The molecule has 1 atom stereocenters. The number of nitrogens with two attached hydrogens (primary N) is 1. The van der Waals surface area contributed by atoms with Gasteiger partial charge in [-0.3, -0.25) is 9.78 Å². The molecule has 40 heavy (non-hydrogen) atoms. The molecule has 206 valence electrons. The number of nitrogens with one attached hydrogen (secondary N) is 1. The topological polar surface area (TPSA) is 138 Å². The molecule has 1 aliphatic rings. The third-order valence-electron chi connectivity index (χ3n) is 6.19. The van der Waals surface area contributed by atoms with Crippen LogP contribution in [0.5, 0.6) is 17.4 Å². The Balaban J connectivity index is 1.25. The highest BCUT2D eigenvalue weighted by molar-refractivity contribution is 5.74. The number of hydrogen-bond donors (Lipinski definition) is 2. The van der Waals surface area contributed by atoms with Crippen LogP contribution in [-0.2, 0) is 4.79 Å². The van der Waals surface area contributed by atoms with E-state index in [1.165, 1.54) is 0 Å². The number of esters is 1. The van der Waals surface area contributed by atoms with Crippen molar-refractivity contribution in [3.8, 4) is 28.6 Å². The molecule has 0 spiro atoms. The molecule has 11 nitrogen and oxygen atoms in total. The number of carbonyl (C=O) groups is 1. The molecule has 4 heterocycles. The molecule has 3 N–H and O–H groups in total. The molecule has 0 amide bonds. The molecule has 1 fully saturated rings. The summed E-state index contributed by atoms with van der Waals surface area (Å²) >= 11 is 0. The van der Waals surface area contributed by atoms with E-state index in [2.05, 4.69) is 20.2 Å². The third kappa shape index (κ3) is 6.80. The fourth-order valence-electron chi connectivity index (χ4n) is 4.36. The van der Waals surface area contributed by atoms with Gasteiger partial charge in [-0.25, -0.2) is 15.0 Å². The average Bonchev–Trinajstić information content (AvgIpc) is 2.99. The van der Waals surface area contributed by atoms with E-state index in [0.29, 0.717) is 42.2 Å². The molecule has 0 aliphatic carbocycles. The lowest BCUT2D eigenvalue weighted by Crippen LogP contribution is -2.41. The van der Waals surface area contributed by atoms with E-state index < -0.39 is 5.97 Å². The van der Waals surface area contributed by atoms with Crippen LogP contribution in [0, 0.1) is 0 Å². The lowest BCUT2D eigenvalue weighted by atomic mass is 10.1. The summed E-state index contributed by atoms with van der Waals surface area (Å²) in [4.78, 5) is 31.8. The summed E-state index contributed by atoms with van der Waals surface area (Å²) in [6, 6.07) is 16.5. The third-order valence-corrected chi connectivity index (χ3v) is 6.19. The second-order valence-electron chi connectivity index (χ2n) is 9.07. The van der Waals surface area contributed by atoms with Gasteiger partial charge in [-0.2, -0.15) is 0 Å². The van der Waals surface area contributed by atoms with Crippen LogP contribution < -0.4 is 30.2 Å². The van der Waals surface area contributed by atoms with E-state index in [0.717, 1.165) is 36.5 Å². The van der Waals surface area contributed by atoms with Gasteiger partial charge in [-0.15, -0.1) is 0 Å². The number of benzene rings is 1. The molecule has 0 saturated carbocycles. The molecule has 0 radical (unpaired) electrons. The fourth-order valence-corrected chi connectivity index (χ4v) is 4.36. The molecular formula is C29H31N7O4. The number of piperidine rings is 1. The highest BCUT2D eigenvalue weighted by Gasteiger charge is 2.24. The summed E-state index contributed by atoms with van der Waals surface area (Å²) in [5, 5.41) is 3.26. The van der Waals surface area contributed by atoms with Crippen molar-refractivity contribution in [2.45, 2.75) is 25.9 Å². The second-order valence-corrected chi connectivity index (χ2v) is 9.07. The minimum absolute atomic E-state index is 0.0511. The van der Waals surface area contributed by atoms with Crippen molar-refractivity contribution < 1.29 is 19.0 Å². The molecule has 3 aromatic heterocycles. The number of rotatable bonds is 10. The van der Waals surface area contributed by atoms with Crippen LogP contribution in [0.3, 0.4) is 0 Å². The van der Waals surface area contributed by atoms with Crippen molar-refractivity contribution in [1.82, 2.24) is 19.9 Å². The predicted molar refractivity (Wildman–Crippen MR) is 151 cm³/mol. The number of carbonyl (C=O) groups excluding carboxylic acids is 1. The zero-order chi connectivity index (χ0) is 27.7. The van der Waals surface area contributed by atoms with Gasteiger partial charge in [0.25, 0.3) is 5.88 Å². The van der Waals surface area contributed by atoms with E-state index in [1.54, 1.807) is 30.7 Å². The summed E-state index contributed by atoms with van der Waals surface area (Å²) in [5.74, 6) is 3.06. The lowest BCUT2D eigenvalue weighted by Gasteiger charge is -2.33. The van der Waals surface area contributed by atoms with Crippen LogP contribution in [0.15, 0.2) is 73.2 Å². The Morgan fingerprint density at radius 3 is 2.77 bits per heavy atom.